The average molecular weight is 458 g/mol. The second-order valence-electron chi connectivity index (χ2n) is 7.09. The zero-order valence-electron chi connectivity index (χ0n) is 17.8. The number of para-hydroxylation sites is 1. The Kier molecular flexibility index (Phi) is 6.73. The summed E-state index contributed by atoms with van der Waals surface area (Å²) in [4.78, 5) is 36.8. The molecule has 0 atom stereocenters. The number of halogens is 1. The Morgan fingerprint density at radius 2 is 1.50 bits per heavy atom. The molecule has 170 valence electrons. The minimum atomic E-state index is -0.840. The molecule has 3 aromatic carbocycles. The van der Waals surface area contributed by atoms with Crippen LogP contribution in [0.2, 0.25) is 0 Å². The molecule has 0 saturated heterocycles. The quantitative estimate of drug-likeness (QED) is 0.341. The summed E-state index contributed by atoms with van der Waals surface area (Å²) in [6, 6.07) is 25.2. The normalized spacial score (nSPS) is 10.4. The van der Waals surface area contributed by atoms with Crippen LogP contribution in [0.4, 0.5) is 4.39 Å². The van der Waals surface area contributed by atoms with Crippen molar-refractivity contribution in [3.63, 3.8) is 0 Å². The predicted molar refractivity (Wildman–Crippen MR) is 121 cm³/mol. The van der Waals surface area contributed by atoms with Gasteiger partial charge in [-0.25, -0.2) is 13.9 Å². The Labute approximate surface area is 194 Å². The van der Waals surface area contributed by atoms with Crippen molar-refractivity contribution in [2.45, 2.75) is 0 Å². The van der Waals surface area contributed by atoms with Gasteiger partial charge in [0.15, 0.2) is 12.3 Å². The second-order valence-corrected chi connectivity index (χ2v) is 7.09. The van der Waals surface area contributed by atoms with E-state index in [-0.39, 0.29) is 11.3 Å². The van der Waals surface area contributed by atoms with Gasteiger partial charge in [0.25, 0.3) is 11.8 Å². The summed E-state index contributed by atoms with van der Waals surface area (Å²) >= 11 is 0. The lowest BCUT2D eigenvalue weighted by molar-refractivity contribution is -0.125. The highest BCUT2D eigenvalue weighted by atomic mass is 19.1. The molecule has 9 heteroatoms. The van der Waals surface area contributed by atoms with Crippen LogP contribution in [0.1, 0.15) is 20.8 Å². The number of hydrazine groups is 1. The first-order chi connectivity index (χ1) is 16.5. The summed E-state index contributed by atoms with van der Waals surface area (Å²) in [5, 5.41) is 4.52. The van der Waals surface area contributed by atoms with E-state index in [0.29, 0.717) is 11.4 Å². The number of carbonyl (C=O) groups excluding carboxylic acids is 3. The Balaban J connectivity index is 1.44. The third-order valence-electron chi connectivity index (χ3n) is 4.76. The van der Waals surface area contributed by atoms with Crippen molar-refractivity contribution in [2.75, 3.05) is 6.61 Å². The number of hydrogen-bond acceptors (Lipinski definition) is 5. The fraction of sp³-hybridized carbons (Fsp3) is 0.0400. The van der Waals surface area contributed by atoms with E-state index in [1.54, 1.807) is 30.3 Å². The third kappa shape index (κ3) is 5.16. The minimum absolute atomic E-state index is 0.119. The van der Waals surface area contributed by atoms with Gasteiger partial charge in [0.2, 0.25) is 0 Å². The van der Waals surface area contributed by atoms with Gasteiger partial charge in [-0.05, 0) is 30.3 Å². The fourth-order valence-electron chi connectivity index (χ4n) is 3.12. The van der Waals surface area contributed by atoms with Gasteiger partial charge in [0, 0.05) is 5.56 Å². The zero-order chi connectivity index (χ0) is 23.9. The lowest BCUT2D eigenvalue weighted by Gasteiger charge is -2.09. The van der Waals surface area contributed by atoms with Crippen molar-refractivity contribution in [1.82, 2.24) is 20.6 Å². The maximum Gasteiger partial charge on any atom is 0.357 e. The molecule has 0 bridgehead atoms. The van der Waals surface area contributed by atoms with Gasteiger partial charge in [0.05, 0.1) is 16.9 Å². The molecule has 0 fully saturated rings. The van der Waals surface area contributed by atoms with E-state index < -0.39 is 30.2 Å². The monoisotopic (exact) mass is 458 g/mol. The molecule has 0 aliphatic rings. The molecule has 1 heterocycles. The van der Waals surface area contributed by atoms with E-state index in [9.17, 15) is 18.8 Å². The SMILES string of the molecule is O=C(COC(=O)c1cc(-c2ccccc2)nn1-c1ccccc1)NNC(=O)c1ccccc1F. The topological polar surface area (TPSA) is 102 Å². The Bertz CT molecular complexity index is 1320. The molecule has 1 aromatic heterocycles. The van der Waals surface area contributed by atoms with Crippen LogP contribution in [0.3, 0.4) is 0 Å². The van der Waals surface area contributed by atoms with Crippen LogP contribution in [0.5, 0.6) is 0 Å². The third-order valence-corrected chi connectivity index (χ3v) is 4.76. The number of hydrogen-bond donors (Lipinski definition) is 2. The first-order valence-corrected chi connectivity index (χ1v) is 10.2. The summed E-state index contributed by atoms with van der Waals surface area (Å²) < 4.78 is 20.2. The number of aromatic nitrogens is 2. The smallest absolute Gasteiger partial charge is 0.357 e. The van der Waals surface area contributed by atoms with Crippen molar-refractivity contribution in [3.05, 3.63) is 108 Å². The highest BCUT2D eigenvalue weighted by Gasteiger charge is 2.20. The fourth-order valence-corrected chi connectivity index (χ4v) is 3.12. The molecule has 34 heavy (non-hydrogen) atoms. The van der Waals surface area contributed by atoms with Crippen molar-refractivity contribution in [2.24, 2.45) is 0 Å². The van der Waals surface area contributed by atoms with Gasteiger partial charge < -0.3 is 4.74 Å². The van der Waals surface area contributed by atoms with Crippen molar-refractivity contribution < 1.29 is 23.5 Å². The van der Waals surface area contributed by atoms with Crippen molar-refractivity contribution >= 4 is 17.8 Å². The average Bonchev–Trinajstić information content (AvgIpc) is 3.33. The molecule has 4 aromatic rings. The maximum absolute atomic E-state index is 13.7. The Morgan fingerprint density at radius 1 is 0.853 bits per heavy atom. The highest BCUT2D eigenvalue weighted by Crippen LogP contribution is 2.22. The summed E-state index contributed by atoms with van der Waals surface area (Å²) in [5.41, 5.74) is 6.05. The van der Waals surface area contributed by atoms with Crippen LogP contribution in [0.25, 0.3) is 16.9 Å². The van der Waals surface area contributed by atoms with Gasteiger partial charge >= 0.3 is 5.97 Å². The molecule has 0 saturated carbocycles. The molecule has 0 unspecified atom stereocenters. The first-order valence-electron chi connectivity index (χ1n) is 10.2. The lowest BCUT2D eigenvalue weighted by atomic mass is 10.1. The lowest BCUT2D eigenvalue weighted by Crippen LogP contribution is -2.43. The summed E-state index contributed by atoms with van der Waals surface area (Å²) in [6.07, 6.45) is 0. The largest absolute Gasteiger partial charge is 0.451 e. The number of carbonyl (C=O) groups is 3. The highest BCUT2D eigenvalue weighted by molar-refractivity contribution is 5.96. The van der Waals surface area contributed by atoms with E-state index in [1.165, 1.54) is 22.9 Å². The van der Waals surface area contributed by atoms with Crippen LogP contribution in [0, 0.1) is 5.82 Å². The number of rotatable bonds is 6. The Morgan fingerprint density at radius 3 is 2.21 bits per heavy atom. The molecule has 8 nitrogen and oxygen atoms in total. The number of amides is 2. The van der Waals surface area contributed by atoms with Crippen molar-refractivity contribution in [1.29, 1.82) is 0 Å². The molecule has 0 aliphatic carbocycles. The number of nitrogens with one attached hydrogen (secondary N) is 2. The van der Waals surface area contributed by atoms with Gasteiger partial charge in [-0.2, -0.15) is 5.10 Å². The standard InChI is InChI=1S/C25H19FN4O4/c26-20-14-8-7-13-19(20)24(32)28-27-23(31)16-34-25(33)22-15-21(17-9-3-1-4-10-17)29-30(22)18-11-5-2-6-12-18/h1-15H,16H2,(H,27,31)(H,28,32). The van der Waals surface area contributed by atoms with Gasteiger partial charge in [-0.1, -0.05) is 60.7 Å². The van der Waals surface area contributed by atoms with E-state index in [2.05, 4.69) is 16.0 Å². The van der Waals surface area contributed by atoms with Crippen LogP contribution < -0.4 is 10.9 Å². The van der Waals surface area contributed by atoms with E-state index >= 15 is 0 Å². The second kappa shape index (κ2) is 10.2. The number of nitrogens with zero attached hydrogens (tertiary/aromatic N) is 2. The minimum Gasteiger partial charge on any atom is -0.451 e. The van der Waals surface area contributed by atoms with E-state index in [4.69, 9.17) is 4.74 Å². The molecular formula is C25H19FN4O4. The van der Waals surface area contributed by atoms with Gasteiger partial charge in [0.1, 0.15) is 5.82 Å². The van der Waals surface area contributed by atoms with Crippen LogP contribution in [-0.2, 0) is 9.53 Å². The molecule has 0 aliphatic heterocycles. The van der Waals surface area contributed by atoms with E-state index in [1.807, 2.05) is 36.4 Å². The number of ether oxygens (including phenoxy) is 1. The molecular weight excluding hydrogens is 439 g/mol. The first kappa shape index (κ1) is 22.4. The van der Waals surface area contributed by atoms with Crippen LogP contribution in [-0.4, -0.2) is 34.2 Å². The maximum atomic E-state index is 13.7. The van der Waals surface area contributed by atoms with Gasteiger partial charge in [-0.3, -0.25) is 20.4 Å². The Hall–Kier alpha value is -4.79. The van der Waals surface area contributed by atoms with Crippen LogP contribution in [0.15, 0.2) is 91.0 Å². The van der Waals surface area contributed by atoms with Gasteiger partial charge in [-0.15, -0.1) is 0 Å². The summed E-state index contributed by atoms with van der Waals surface area (Å²) in [7, 11) is 0. The molecule has 4 rings (SSSR count). The van der Waals surface area contributed by atoms with E-state index in [0.717, 1.165) is 11.6 Å². The predicted octanol–water partition coefficient (Wildman–Crippen LogP) is 3.30. The summed E-state index contributed by atoms with van der Waals surface area (Å²) in [5.74, 6) is -3.15. The molecule has 2 amide bonds. The number of esters is 1. The molecule has 2 N–H and O–H groups in total. The molecule has 0 spiro atoms. The van der Waals surface area contributed by atoms with Crippen molar-refractivity contribution in [3.8, 4) is 16.9 Å². The zero-order valence-corrected chi connectivity index (χ0v) is 17.8. The van der Waals surface area contributed by atoms with Crippen LogP contribution >= 0.6 is 0 Å². The molecule has 0 radical (unpaired) electrons. The summed E-state index contributed by atoms with van der Waals surface area (Å²) in [6.45, 7) is -0.670. The number of benzene rings is 3.